The molecule has 2 amide bonds. The molecule has 0 radical (unpaired) electrons. The van der Waals surface area contributed by atoms with Gasteiger partial charge in [-0.05, 0) is 37.3 Å². The highest BCUT2D eigenvalue weighted by Gasteiger charge is 2.21. The summed E-state index contributed by atoms with van der Waals surface area (Å²) in [6, 6.07) is 8.11. The largest absolute Gasteiger partial charge is 0.331 e. The summed E-state index contributed by atoms with van der Waals surface area (Å²) in [6.45, 7) is 1.91. The van der Waals surface area contributed by atoms with E-state index >= 15 is 0 Å². The number of rotatable bonds is 3. The first kappa shape index (κ1) is 15.5. The quantitative estimate of drug-likeness (QED) is 0.856. The molecule has 2 atom stereocenters. The minimum Gasteiger partial charge on any atom is -0.331 e. The summed E-state index contributed by atoms with van der Waals surface area (Å²) < 4.78 is 1.81. The number of fused-ring (bicyclic) bond motifs is 1. The average molecular weight is 313 g/mol. The van der Waals surface area contributed by atoms with Gasteiger partial charge in [0.15, 0.2) is 5.82 Å². The number of nitrogens with zero attached hydrogens (tertiary/aromatic N) is 3. The van der Waals surface area contributed by atoms with Crippen molar-refractivity contribution in [2.24, 2.45) is 7.05 Å². The van der Waals surface area contributed by atoms with E-state index in [1.807, 2.05) is 24.6 Å². The van der Waals surface area contributed by atoms with Crippen LogP contribution in [0.2, 0.25) is 0 Å². The van der Waals surface area contributed by atoms with Crippen molar-refractivity contribution < 1.29 is 4.79 Å². The van der Waals surface area contributed by atoms with Gasteiger partial charge in [-0.2, -0.15) is 0 Å². The van der Waals surface area contributed by atoms with Crippen molar-refractivity contribution in [3.63, 3.8) is 0 Å². The molecule has 1 aromatic carbocycles. The number of aromatic nitrogens is 3. The number of benzene rings is 1. The van der Waals surface area contributed by atoms with Crippen LogP contribution in [0.4, 0.5) is 4.79 Å². The summed E-state index contributed by atoms with van der Waals surface area (Å²) in [5.41, 5.74) is 2.59. The molecule has 0 unspecified atom stereocenters. The molecule has 1 aliphatic rings. The van der Waals surface area contributed by atoms with Crippen molar-refractivity contribution >= 4 is 6.03 Å². The zero-order valence-electron chi connectivity index (χ0n) is 13.6. The Morgan fingerprint density at radius 2 is 2.17 bits per heavy atom. The van der Waals surface area contributed by atoms with Crippen LogP contribution in [0.1, 0.15) is 55.2 Å². The van der Waals surface area contributed by atoms with Gasteiger partial charge in [-0.3, -0.25) is 0 Å². The number of carbonyl (C=O) groups is 1. The van der Waals surface area contributed by atoms with Crippen LogP contribution in [0.3, 0.4) is 0 Å². The summed E-state index contributed by atoms with van der Waals surface area (Å²) >= 11 is 0. The van der Waals surface area contributed by atoms with Gasteiger partial charge in [-0.1, -0.05) is 30.7 Å². The predicted octanol–water partition coefficient (Wildman–Crippen LogP) is 2.64. The Hall–Kier alpha value is -2.37. The standard InChI is InChI=1S/C17H23N5O/c1-12(16-21-18-11-22(16)2)19-17(23)20-15-10-6-4-8-13-7-3-5-9-14(13)15/h3,5,7,9,11-12,15H,4,6,8,10H2,1-2H3,(H2,19,20,23)/t12-,15+/m0/s1. The Morgan fingerprint density at radius 3 is 2.96 bits per heavy atom. The van der Waals surface area contributed by atoms with E-state index in [4.69, 9.17) is 0 Å². The highest BCUT2D eigenvalue weighted by Crippen LogP contribution is 2.28. The van der Waals surface area contributed by atoms with E-state index in [9.17, 15) is 4.79 Å². The van der Waals surface area contributed by atoms with Crippen LogP contribution in [-0.4, -0.2) is 20.8 Å². The molecule has 1 aliphatic carbocycles. The van der Waals surface area contributed by atoms with E-state index in [2.05, 4.69) is 39.0 Å². The van der Waals surface area contributed by atoms with Crippen LogP contribution in [0, 0.1) is 0 Å². The predicted molar refractivity (Wildman–Crippen MR) is 87.8 cm³/mol. The van der Waals surface area contributed by atoms with Gasteiger partial charge in [0.05, 0.1) is 12.1 Å². The zero-order chi connectivity index (χ0) is 16.2. The SMILES string of the molecule is C[C@H](NC(=O)N[C@@H]1CCCCc2ccccc21)c1nncn1C. The van der Waals surface area contributed by atoms with Crippen molar-refractivity contribution in [2.75, 3.05) is 0 Å². The fourth-order valence-corrected chi connectivity index (χ4v) is 3.22. The molecule has 0 spiro atoms. The molecule has 0 aliphatic heterocycles. The minimum absolute atomic E-state index is 0.0698. The van der Waals surface area contributed by atoms with Crippen LogP contribution in [0.15, 0.2) is 30.6 Å². The van der Waals surface area contributed by atoms with E-state index in [0.29, 0.717) is 0 Å². The summed E-state index contributed by atoms with van der Waals surface area (Å²) in [5, 5.41) is 14.0. The summed E-state index contributed by atoms with van der Waals surface area (Å²) in [4.78, 5) is 12.4. The van der Waals surface area contributed by atoms with E-state index in [1.54, 1.807) is 6.33 Å². The topological polar surface area (TPSA) is 71.8 Å². The van der Waals surface area contributed by atoms with Gasteiger partial charge in [0, 0.05) is 7.05 Å². The van der Waals surface area contributed by atoms with E-state index < -0.39 is 0 Å². The minimum atomic E-state index is -0.191. The highest BCUT2D eigenvalue weighted by atomic mass is 16.2. The highest BCUT2D eigenvalue weighted by molar-refractivity contribution is 5.75. The van der Waals surface area contributed by atoms with E-state index in [1.165, 1.54) is 17.5 Å². The molecule has 6 nitrogen and oxygen atoms in total. The Kier molecular flexibility index (Phi) is 4.60. The molecule has 2 aromatic rings. The number of urea groups is 1. The van der Waals surface area contributed by atoms with Crippen LogP contribution < -0.4 is 10.6 Å². The molecular formula is C17H23N5O. The van der Waals surface area contributed by atoms with Crippen molar-refractivity contribution in [1.29, 1.82) is 0 Å². The van der Waals surface area contributed by atoms with Crippen molar-refractivity contribution in [3.8, 4) is 0 Å². The van der Waals surface area contributed by atoms with Crippen LogP contribution >= 0.6 is 0 Å². The molecule has 3 rings (SSSR count). The molecule has 1 aromatic heterocycles. The Morgan fingerprint density at radius 1 is 1.35 bits per heavy atom. The normalized spacial score (nSPS) is 18.6. The number of amides is 2. The third kappa shape index (κ3) is 3.52. The number of hydrogen-bond donors (Lipinski definition) is 2. The van der Waals surface area contributed by atoms with Crippen molar-refractivity contribution in [3.05, 3.63) is 47.5 Å². The van der Waals surface area contributed by atoms with Crippen molar-refractivity contribution in [1.82, 2.24) is 25.4 Å². The van der Waals surface area contributed by atoms with E-state index in [0.717, 1.165) is 25.1 Å². The number of aryl methyl sites for hydroxylation is 2. The van der Waals surface area contributed by atoms with Gasteiger partial charge < -0.3 is 15.2 Å². The maximum absolute atomic E-state index is 12.4. The maximum atomic E-state index is 12.4. The van der Waals surface area contributed by atoms with Crippen LogP contribution in [-0.2, 0) is 13.5 Å². The van der Waals surface area contributed by atoms with E-state index in [-0.39, 0.29) is 18.1 Å². The molecule has 23 heavy (non-hydrogen) atoms. The molecule has 0 saturated carbocycles. The van der Waals surface area contributed by atoms with Gasteiger partial charge in [0.1, 0.15) is 6.33 Å². The fourth-order valence-electron chi connectivity index (χ4n) is 3.22. The number of nitrogens with one attached hydrogen (secondary N) is 2. The van der Waals surface area contributed by atoms with Gasteiger partial charge in [0.25, 0.3) is 0 Å². The third-order valence-corrected chi connectivity index (χ3v) is 4.41. The Labute approximate surface area is 136 Å². The smallest absolute Gasteiger partial charge is 0.315 e. The number of carbonyl (C=O) groups excluding carboxylic acids is 1. The lowest BCUT2D eigenvalue weighted by molar-refractivity contribution is 0.232. The van der Waals surface area contributed by atoms with Crippen LogP contribution in [0.5, 0.6) is 0 Å². The summed E-state index contributed by atoms with van der Waals surface area (Å²) in [5.74, 6) is 0.737. The lowest BCUT2D eigenvalue weighted by Gasteiger charge is -2.21. The fraction of sp³-hybridized carbons (Fsp3) is 0.471. The maximum Gasteiger partial charge on any atom is 0.315 e. The first-order valence-electron chi connectivity index (χ1n) is 8.14. The molecule has 2 N–H and O–H groups in total. The molecule has 0 fully saturated rings. The molecular weight excluding hydrogens is 290 g/mol. The monoisotopic (exact) mass is 313 g/mol. The first-order valence-corrected chi connectivity index (χ1v) is 8.14. The third-order valence-electron chi connectivity index (χ3n) is 4.41. The first-order chi connectivity index (χ1) is 11.1. The molecule has 0 bridgehead atoms. The second-order valence-electron chi connectivity index (χ2n) is 6.14. The lowest BCUT2D eigenvalue weighted by atomic mass is 9.99. The Bertz CT molecular complexity index is 681. The molecule has 0 saturated heterocycles. The van der Waals surface area contributed by atoms with Crippen molar-refractivity contribution in [2.45, 2.75) is 44.7 Å². The zero-order valence-corrected chi connectivity index (χ0v) is 13.6. The lowest BCUT2D eigenvalue weighted by Crippen LogP contribution is -2.39. The van der Waals surface area contributed by atoms with Gasteiger partial charge in [0.2, 0.25) is 0 Å². The summed E-state index contributed by atoms with van der Waals surface area (Å²) in [7, 11) is 1.87. The second kappa shape index (κ2) is 6.81. The second-order valence-corrected chi connectivity index (χ2v) is 6.14. The van der Waals surface area contributed by atoms with Gasteiger partial charge in [-0.25, -0.2) is 4.79 Å². The number of hydrogen-bond acceptors (Lipinski definition) is 3. The summed E-state index contributed by atoms with van der Waals surface area (Å²) in [6.07, 6.45) is 5.99. The molecule has 122 valence electrons. The van der Waals surface area contributed by atoms with Crippen LogP contribution in [0.25, 0.3) is 0 Å². The van der Waals surface area contributed by atoms with Gasteiger partial charge in [-0.15, -0.1) is 10.2 Å². The Balaban J connectivity index is 1.67. The van der Waals surface area contributed by atoms with Gasteiger partial charge >= 0.3 is 6.03 Å². The molecule has 1 heterocycles. The molecule has 6 heteroatoms. The average Bonchev–Trinajstić information content (AvgIpc) is 2.86.